The van der Waals surface area contributed by atoms with E-state index in [1.807, 2.05) is 0 Å². The molecule has 3 heteroatoms. The molecule has 4 aromatic rings. The van der Waals surface area contributed by atoms with Crippen LogP contribution in [0, 0.1) is 6.92 Å². The van der Waals surface area contributed by atoms with E-state index in [1.54, 1.807) is 0 Å². The lowest BCUT2D eigenvalue weighted by atomic mass is 9.90. The maximum atomic E-state index is 6.23. The lowest BCUT2D eigenvalue weighted by Gasteiger charge is -2.15. The van der Waals surface area contributed by atoms with Crippen molar-refractivity contribution in [3.05, 3.63) is 71.5 Å². The minimum Gasteiger partial charge on any atom is -0.358 e. The SMILES string of the molecule is CCn1cc(CC(CN)c2c(C)[nH]c3ccccc23)c2ccccc21. The van der Waals surface area contributed by atoms with Crippen LogP contribution in [0.1, 0.15) is 29.7 Å². The van der Waals surface area contributed by atoms with Crippen molar-refractivity contribution in [2.75, 3.05) is 6.54 Å². The normalized spacial score (nSPS) is 12.9. The number of nitrogens with one attached hydrogen (secondary N) is 1. The molecule has 0 bridgehead atoms. The van der Waals surface area contributed by atoms with E-state index < -0.39 is 0 Å². The second-order valence-electron chi connectivity index (χ2n) is 6.80. The third-order valence-corrected chi connectivity index (χ3v) is 5.31. The summed E-state index contributed by atoms with van der Waals surface area (Å²) in [6.07, 6.45) is 3.27. The van der Waals surface area contributed by atoms with Crippen molar-refractivity contribution in [3.63, 3.8) is 0 Å². The van der Waals surface area contributed by atoms with E-state index in [4.69, 9.17) is 5.73 Å². The van der Waals surface area contributed by atoms with Crippen LogP contribution < -0.4 is 5.73 Å². The summed E-state index contributed by atoms with van der Waals surface area (Å²) in [7, 11) is 0. The van der Waals surface area contributed by atoms with Crippen LogP contribution in [0.15, 0.2) is 54.7 Å². The Hall–Kier alpha value is -2.52. The Morgan fingerprint density at radius 1 is 1.04 bits per heavy atom. The Balaban J connectivity index is 1.79. The third-order valence-electron chi connectivity index (χ3n) is 5.31. The molecule has 0 spiro atoms. The first kappa shape index (κ1) is 16.0. The summed E-state index contributed by atoms with van der Waals surface area (Å²) in [5, 5.41) is 2.65. The van der Waals surface area contributed by atoms with Gasteiger partial charge in [-0.2, -0.15) is 0 Å². The first-order valence-corrected chi connectivity index (χ1v) is 9.07. The molecule has 25 heavy (non-hydrogen) atoms. The van der Waals surface area contributed by atoms with Gasteiger partial charge in [0.2, 0.25) is 0 Å². The first-order chi connectivity index (χ1) is 12.2. The smallest absolute Gasteiger partial charge is 0.0483 e. The number of hydrogen-bond acceptors (Lipinski definition) is 1. The van der Waals surface area contributed by atoms with E-state index in [2.05, 4.69) is 78.1 Å². The molecule has 3 N–H and O–H groups in total. The van der Waals surface area contributed by atoms with Gasteiger partial charge in [0, 0.05) is 46.2 Å². The molecule has 0 fully saturated rings. The van der Waals surface area contributed by atoms with E-state index in [9.17, 15) is 0 Å². The number of hydrogen-bond donors (Lipinski definition) is 2. The van der Waals surface area contributed by atoms with E-state index in [-0.39, 0.29) is 0 Å². The highest BCUT2D eigenvalue weighted by molar-refractivity contribution is 5.86. The number of nitrogens with two attached hydrogens (primary N) is 1. The van der Waals surface area contributed by atoms with Crippen molar-refractivity contribution in [1.29, 1.82) is 0 Å². The summed E-state index contributed by atoms with van der Waals surface area (Å²) >= 11 is 0. The topological polar surface area (TPSA) is 46.7 Å². The molecule has 0 amide bonds. The zero-order chi connectivity index (χ0) is 17.4. The molecule has 2 aromatic carbocycles. The zero-order valence-electron chi connectivity index (χ0n) is 14.9. The number of rotatable bonds is 5. The summed E-state index contributed by atoms with van der Waals surface area (Å²) in [5.74, 6) is 0.312. The van der Waals surface area contributed by atoms with Gasteiger partial charge in [0.05, 0.1) is 0 Å². The van der Waals surface area contributed by atoms with Crippen LogP contribution >= 0.6 is 0 Å². The maximum Gasteiger partial charge on any atom is 0.0483 e. The van der Waals surface area contributed by atoms with Gasteiger partial charge in [0.25, 0.3) is 0 Å². The van der Waals surface area contributed by atoms with Crippen LogP contribution in [0.4, 0.5) is 0 Å². The first-order valence-electron chi connectivity index (χ1n) is 9.07. The van der Waals surface area contributed by atoms with Crippen molar-refractivity contribution in [2.45, 2.75) is 32.7 Å². The van der Waals surface area contributed by atoms with E-state index in [1.165, 1.54) is 38.6 Å². The van der Waals surface area contributed by atoms with Crippen molar-refractivity contribution in [2.24, 2.45) is 5.73 Å². The third kappa shape index (κ3) is 2.65. The highest BCUT2D eigenvalue weighted by Gasteiger charge is 2.20. The molecule has 0 aliphatic heterocycles. The van der Waals surface area contributed by atoms with Crippen LogP contribution in [0.3, 0.4) is 0 Å². The van der Waals surface area contributed by atoms with Crippen LogP contribution in [0.2, 0.25) is 0 Å². The summed E-state index contributed by atoms with van der Waals surface area (Å²) in [6, 6.07) is 17.2. The lowest BCUT2D eigenvalue weighted by molar-refractivity contribution is 0.692. The van der Waals surface area contributed by atoms with Crippen LogP contribution in [-0.2, 0) is 13.0 Å². The van der Waals surface area contributed by atoms with Crippen molar-refractivity contribution in [1.82, 2.24) is 9.55 Å². The Bertz CT molecular complexity index is 1020. The molecule has 2 aromatic heterocycles. The molecule has 0 saturated carbocycles. The van der Waals surface area contributed by atoms with Gasteiger partial charge in [0.1, 0.15) is 0 Å². The largest absolute Gasteiger partial charge is 0.358 e. The number of aromatic amines is 1. The summed E-state index contributed by atoms with van der Waals surface area (Å²) in [5.41, 5.74) is 12.7. The van der Waals surface area contributed by atoms with Gasteiger partial charge >= 0.3 is 0 Å². The molecule has 0 aliphatic carbocycles. The van der Waals surface area contributed by atoms with E-state index in [0.29, 0.717) is 12.5 Å². The van der Waals surface area contributed by atoms with Crippen molar-refractivity contribution in [3.8, 4) is 0 Å². The highest BCUT2D eigenvalue weighted by Crippen LogP contribution is 2.33. The number of aryl methyl sites for hydroxylation is 2. The number of para-hydroxylation sites is 2. The van der Waals surface area contributed by atoms with Crippen LogP contribution in [-0.4, -0.2) is 16.1 Å². The standard InChI is InChI=1S/C22H25N3/c1-3-25-14-17(18-8-5-7-11-21(18)25)12-16(13-23)22-15(2)24-20-10-6-4-9-19(20)22/h4-11,14,16,24H,3,12-13,23H2,1-2H3. The molecule has 0 aliphatic rings. The molecule has 128 valence electrons. The van der Waals surface area contributed by atoms with Crippen molar-refractivity contribution < 1.29 is 0 Å². The number of aromatic nitrogens is 2. The monoisotopic (exact) mass is 331 g/mol. The lowest BCUT2D eigenvalue weighted by Crippen LogP contribution is -2.15. The minimum absolute atomic E-state index is 0.312. The van der Waals surface area contributed by atoms with Gasteiger partial charge in [-0.05, 0) is 50.1 Å². The van der Waals surface area contributed by atoms with Crippen LogP contribution in [0.25, 0.3) is 21.8 Å². The van der Waals surface area contributed by atoms with Gasteiger partial charge in [-0.25, -0.2) is 0 Å². The molecule has 2 heterocycles. The summed E-state index contributed by atoms with van der Waals surface area (Å²) in [6.45, 7) is 5.99. The molecule has 1 unspecified atom stereocenters. The maximum absolute atomic E-state index is 6.23. The average molecular weight is 331 g/mol. The predicted octanol–water partition coefficient (Wildman–Crippen LogP) is 4.74. The summed E-state index contributed by atoms with van der Waals surface area (Å²) < 4.78 is 2.33. The molecule has 1 atom stereocenters. The molecule has 3 nitrogen and oxygen atoms in total. The van der Waals surface area contributed by atoms with Gasteiger partial charge in [-0.15, -0.1) is 0 Å². The quantitative estimate of drug-likeness (QED) is 0.545. The Kier molecular flexibility index (Phi) is 4.10. The Labute approximate surface area is 148 Å². The predicted molar refractivity (Wildman–Crippen MR) is 106 cm³/mol. The average Bonchev–Trinajstić information content (AvgIpc) is 3.16. The molecule has 0 radical (unpaired) electrons. The number of fused-ring (bicyclic) bond motifs is 2. The van der Waals surface area contributed by atoms with Gasteiger partial charge in [-0.3, -0.25) is 0 Å². The minimum atomic E-state index is 0.312. The fourth-order valence-electron chi connectivity index (χ4n) is 4.14. The van der Waals surface area contributed by atoms with E-state index >= 15 is 0 Å². The van der Waals surface area contributed by atoms with Gasteiger partial charge in [-0.1, -0.05) is 36.4 Å². The fourth-order valence-corrected chi connectivity index (χ4v) is 4.14. The number of nitrogens with zero attached hydrogens (tertiary/aromatic N) is 1. The van der Waals surface area contributed by atoms with E-state index in [0.717, 1.165) is 13.0 Å². The van der Waals surface area contributed by atoms with Crippen molar-refractivity contribution >= 4 is 21.8 Å². The second kappa shape index (κ2) is 6.41. The number of benzene rings is 2. The summed E-state index contributed by atoms with van der Waals surface area (Å²) in [4.78, 5) is 3.52. The molecular weight excluding hydrogens is 306 g/mol. The van der Waals surface area contributed by atoms with Gasteiger partial charge < -0.3 is 15.3 Å². The van der Waals surface area contributed by atoms with Gasteiger partial charge in [0.15, 0.2) is 0 Å². The van der Waals surface area contributed by atoms with Crippen LogP contribution in [0.5, 0.6) is 0 Å². The molecule has 0 saturated heterocycles. The molecular formula is C22H25N3. The highest BCUT2D eigenvalue weighted by atomic mass is 14.9. The second-order valence-corrected chi connectivity index (χ2v) is 6.80. The zero-order valence-corrected chi connectivity index (χ0v) is 14.9. The Morgan fingerprint density at radius 2 is 1.76 bits per heavy atom. The fraction of sp³-hybridized carbons (Fsp3) is 0.273. The molecule has 4 rings (SSSR count). The number of H-pyrrole nitrogens is 1. The Morgan fingerprint density at radius 3 is 2.52 bits per heavy atom.